The van der Waals surface area contributed by atoms with Crippen LogP contribution in [0.1, 0.15) is 48.3 Å². The number of halogens is 3. The summed E-state index contributed by atoms with van der Waals surface area (Å²) in [6.07, 6.45) is -0.172. The van der Waals surface area contributed by atoms with Crippen molar-refractivity contribution in [1.82, 2.24) is 20.2 Å². The van der Waals surface area contributed by atoms with Crippen LogP contribution in [0.4, 0.5) is 13.2 Å². The summed E-state index contributed by atoms with van der Waals surface area (Å²) in [5, 5.41) is 9.10. The van der Waals surface area contributed by atoms with Crippen molar-refractivity contribution in [1.29, 1.82) is 0 Å². The fraction of sp³-hybridized carbons (Fsp3) is 0.471. The van der Waals surface area contributed by atoms with Crippen molar-refractivity contribution in [3.8, 4) is 0 Å². The third-order valence-corrected chi connectivity index (χ3v) is 5.44. The molecule has 10 heteroatoms. The van der Waals surface area contributed by atoms with E-state index in [1.807, 2.05) is 13.0 Å². The lowest BCUT2D eigenvalue weighted by Gasteiger charge is -2.20. The second kappa shape index (κ2) is 7.79. The Morgan fingerprint density at radius 3 is 2.67 bits per heavy atom. The highest BCUT2D eigenvalue weighted by atomic mass is 32.2. The second-order valence-corrected chi connectivity index (χ2v) is 7.43. The molecule has 0 unspecified atom stereocenters. The Kier molecular flexibility index (Phi) is 5.64. The average molecular weight is 399 g/mol. The number of nitrogens with zero attached hydrogens (tertiary/aromatic N) is 3. The van der Waals surface area contributed by atoms with E-state index in [2.05, 4.69) is 27.6 Å². The Balaban J connectivity index is 1.57. The van der Waals surface area contributed by atoms with Crippen molar-refractivity contribution < 1.29 is 18.0 Å². The highest BCUT2D eigenvalue weighted by Gasteiger charge is 2.38. The van der Waals surface area contributed by atoms with E-state index in [0.717, 1.165) is 30.2 Å². The van der Waals surface area contributed by atoms with Crippen LogP contribution in [-0.2, 0) is 23.8 Å². The van der Waals surface area contributed by atoms with E-state index in [0.29, 0.717) is 4.68 Å². The van der Waals surface area contributed by atoms with Crippen LogP contribution in [0.15, 0.2) is 23.4 Å². The summed E-state index contributed by atoms with van der Waals surface area (Å²) in [7, 11) is 0. The first-order valence-corrected chi connectivity index (χ1v) is 9.56. The molecular formula is C17H20F3N5OS. The molecule has 3 rings (SSSR count). The van der Waals surface area contributed by atoms with E-state index in [1.165, 1.54) is 24.0 Å². The van der Waals surface area contributed by atoms with Gasteiger partial charge >= 0.3 is 6.18 Å². The van der Waals surface area contributed by atoms with Crippen LogP contribution in [0.25, 0.3) is 0 Å². The lowest BCUT2D eigenvalue weighted by Crippen LogP contribution is -2.28. The summed E-state index contributed by atoms with van der Waals surface area (Å²) in [4.78, 5) is 12.2. The molecule has 0 saturated carbocycles. The summed E-state index contributed by atoms with van der Waals surface area (Å²) in [5.41, 5.74) is 3.70. The van der Waals surface area contributed by atoms with Gasteiger partial charge in [0.25, 0.3) is 5.82 Å². The quantitative estimate of drug-likeness (QED) is 0.597. The fourth-order valence-electron chi connectivity index (χ4n) is 3.09. The maximum atomic E-state index is 12.6. The standard InChI is InChI=1S/C17H20F3N5OS/c1-10(12-7-6-11-4-2-3-5-13(11)8-12)22-14(26)9-27-16-24-23-15(25(16)21)17(18,19)20/h6-8,10H,2-5,9,21H2,1H3,(H,22,26)/t10-/m1/s1. The molecule has 0 fully saturated rings. The van der Waals surface area contributed by atoms with Crippen LogP contribution in [0.3, 0.4) is 0 Å². The number of nitrogen functional groups attached to an aromatic ring is 1. The van der Waals surface area contributed by atoms with Crippen LogP contribution in [0.2, 0.25) is 0 Å². The smallest absolute Gasteiger partial charge is 0.349 e. The Bertz CT molecular complexity index is 836. The van der Waals surface area contributed by atoms with Crippen LogP contribution in [-0.4, -0.2) is 26.5 Å². The van der Waals surface area contributed by atoms with Crippen molar-refractivity contribution in [3.63, 3.8) is 0 Å². The molecule has 2 aromatic rings. The number of nitrogens with two attached hydrogens (primary N) is 1. The van der Waals surface area contributed by atoms with E-state index < -0.39 is 12.0 Å². The number of amides is 1. The van der Waals surface area contributed by atoms with Crippen LogP contribution < -0.4 is 11.2 Å². The van der Waals surface area contributed by atoms with E-state index in [-0.39, 0.29) is 22.9 Å². The predicted octanol–water partition coefficient (Wildman–Crippen LogP) is 2.86. The minimum absolute atomic E-state index is 0.109. The van der Waals surface area contributed by atoms with Gasteiger partial charge in [0.2, 0.25) is 11.1 Å². The number of fused-ring (bicyclic) bond motifs is 1. The first-order chi connectivity index (χ1) is 12.8. The molecular weight excluding hydrogens is 379 g/mol. The van der Waals surface area contributed by atoms with Gasteiger partial charge in [0.1, 0.15) is 0 Å². The van der Waals surface area contributed by atoms with Gasteiger partial charge in [-0.2, -0.15) is 13.2 Å². The van der Waals surface area contributed by atoms with Crippen molar-refractivity contribution in [2.24, 2.45) is 0 Å². The zero-order valence-corrected chi connectivity index (χ0v) is 15.5. The number of benzene rings is 1. The Labute approximate surface area is 158 Å². The molecule has 3 N–H and O–H groups in total. The summed E-state index contributed by atoms with van der Waals surface area (Å²) < 4.78 is 38.3. The van der Waals surface area contributed by atoms with E-state index in [4.69, 9.17) is 5.84 Å². The molecule has 0 spiro atoms. The summed E-state index contributed by atoms with van der Waals surface area (Å²) in [6.45, 7) is 1.88. The second-order valence-electron chi connectivity index (χ2n) is 6.49. The molecule has 1 aromatic heterocycles. The number of hydrogen-bond donors (Lipinski definition) is 2. The minimum atomic E-state index is -4.69. The van der Waals surface area contributed by atoms with Gasteiger partial charge in [-0.3, -0.25) is 4.79 Å². The highest BCUT2D eigenvalue weighted by Crippen LogP contribution is 2.29. The number of aryl methyl sites for hydroxylation is 2. The lowest BCUT2D eigenvalue weighted by molar-refractivity contribution is -0.146. The molecule has 1 heterocycles. The third-order valence-electron chi connectivity index (χ3n) is 4.50. The first-order valence-electron chi connectivity index (χ1n) is 8.57. The Morgan fingerprint density at radius 1 is 1.30 bits per heavy atom. The van der Waals surface area contributed by atoms with Crippen LogP contribution in [0, 0.1) is 0 Å². The topological polar surface area (TPSA) is 85.8 Å². The number of aromatic nitrogens is 3. The van der Waals surface area contributed by atoms with Gasteiger partial charge in [-0.15, -0.1) is 10.2 Å². The van der Waals surface area contributed by atoms with E-state index >= 15 is 0 Å². The number of hydrogen-bond acceptors (Lipinski definition) is 5. The third kappa shape index (κ3) is 4.55. The van der Waals surface area contributed by atoms with Gasteiger partial charge in [-0.1, -0.05) is 30.0 Å². The monoisotopic (exact) mass is 399 g/mol. The summed E-state index contributed by atoms with van der Waals surface area (Å²) in [6, 6.07) is 6.04. The number of nitrogens with one attached hydrogen (secondary N) is 1. The number of carbonyl (C=O) groups excluding carboxylic acids is 1. The van der Waals surface area contributed by atoms with Crippen LogP contribution in [0.5, 0.6) is 0 Å². The predicted molar refractivity (Wildman–Crippen MR) is 95.5 cm³/mol. The molecule has 146 valence electrons. The van der Waals surface area contributed by atoms with Gasteiger partial charge in [-0.05, 0) is 49.3 Å². The molecule has 1 aromatic carbocycles. The largest absolute Gasteiger partial charge is 0.453 e. The molecule has 0 radical (unpaired) electrons. The van der Waals surface area contributed by atoms with Crippen molar-refractivity contribution in [2.45, 2.75) is 50.0 Å². The Morgan fingerprint density at radius 2 is 2.00 bits per heavy atom. The molecule has 0 bridgehead atoms. The van der Waals surface area contributed by atoms with Crippen molar-refractivity contribution >= 4 is 17.7 Å². The molecule has 1 atom stereocenters. The average Bonchev–Trinajstić information content (AvgIpc) is 3.00. The lowest BCUT2D eigenvalue weighted by atomic mass is 9.89. The Hall–Kier alpha value is -2.23. The van der Waals surface area contributed by atoms with Gasteiger partial charge in [0.15, 0.2) is 0 Å². The zero-order chi connectivity index (χ0) is 19.6. The van der Waals surface area contributed by atoms with Gasteiger partial charge in [0.05, 0.1) is 11.8 Å². The van der Waals surface area contributed by atoms with Crippen molar-refractivity contribution in [3.05, 3.63) is 40.7 Å². The molecule has 0 aliphatic heterocycles. The van der Waals surface area contributed by atoms with Gasteiger partial charge in [-0.25, -0.2) is 4.68 Å². The number of alkyl halides is 3. The number of rotatable bonds is 5. The van der Waals surface area contributed by atoms with Gasteiger partial charge < -0.3 is 11.2 Å². The molecule has 1 amide bonds. The highest BCUT2D eigenvalue weighted by molar-refractivity contribution is 7.99. The van der Waals surface area contributed by atoms with Crippen molar-refractivity contribution in [2.75, 3.05) is 11.6 Å². The summed E-state index contributed by atoms with van der Waals surface area (Å²) in [5.74, 6) is 3.63. The number of thioether (sulfide) groups is 1. The first kappa shape index (κ1) is 19.5. The van der Waals surface area contributed by atoms with E-state index in [9.17, 15) is 18.0 Å². The SMILES string of the molecule is C[C@@H](NC(=O)CSc1nnc(C(F)(F)F)n1N)c1ccc2c(c1)CCCC2. The molecule has 0 saturated heterocycles. The summed E-state index contributed by atoms with van der Waals surface area (Å²) >= 11 is 0.804. The molecule has 1 aliphatic rings. The maximum Gasteiger partial charge on any atom is 0.453 e. The molecule has 6 nitrogen and oxygen atoms in total. The number of carbonyl (C=O) groups is 1. The van der Waals surface area contributed by atoms with Crippen LogP contribution >= 0.6 is 11.8 Å². The molecule has 1 aliphatic carbocycles. The van der Waals surface area contributed by atoms with Gasteiger partial charge in [0, 0.05) is 0 Å². The minimum Gasteiger partial charge on any atom is -0.349 e. The maximum absolute atomic E-state index is 12.6. The zero-order valence-electron chi connectivity index (χ0n) is 14.7. The van der Waals surface area contributed by atoms with E-state index in [1.54, 1.807) is 0 Å². The molecule has 27 heavy (non-hydrogen) atoms. The normalized spacial score (nSPS) is 15.3. The fourth-order valence-corrected chi connectivity index (χ4v) is 3.76.